The van der Waals surface area contributed by atoms with Gasteiger partial charge in [-0.05, 0) is 30.7 Å². The standard InChI is InChI=1S/C18H21N3O4S/c1-13-18(22)20(2)9-10-21(13)26(23,24)17-11-14(6-7-16(17)25-3)15-5-4-8-19-12-15/h4-8,11-13H,9-10H2,1-3H3. The number of carbonyl (C=O) groups is 1. The highest BCUT2D eigenvalue weighted by Gasteiger charge is 2.39. The van der Waals surface area contributed by atoms with Crippen molar-refractivity contribution >= 4 is 15.9 Å². The molecular weight excluding hydrogens is 354 g/mol. The molecule has 1 aromatic carbocycles. The first-order chi connectivity index (χ1) is 12.4. The molecule has 8 heteroatoms. The Bertz CT molecular complexity index is 915. The van der Waals surface area contributed by atoms with Crippen LogP contribution >= 0.6 is 0 Å². The molecule has 1 aromatic heterocycles. The third-order valence-electron chi connectivity index (χ3n) is 4.57. The zero-order chi connectivity index (χ0) is 18.9. The van der Waals surface area contributed by atoms with E-state index in [1.54, 1.807) is 55.5 Å². The second kappa shape index (κ2) is 7.05. The number of likely N-dealkylation sites (N-methyl/N-ethyl adjacent to an activating group) is 1. The topological polar surface area (TPSA) is 79.8 Å². The molecule has 0 N–H and O–H groups in total. The molecule has 138 valence electrons. The van der Waals surface area contributed by atoms with E-state index in [1.165, 1.54) is 11.4 Å². The van der Waals surface area contributed by atoms with Gasteiger partial charge in [0.1, 0.15) is 16.7 Å². The molecule has 2 heterocycles. The molecule has 1 amide bonds. The fourth-order valence-corrected chi connectivity index (χ4v) is 4.80. The van der Waals surface area contributed by atoms with E-state index in [9.17, 15) is 13.2 Å². The molecule has 7 nitrogen and oxygen atoms in total. The summed E-state index contributed by atoms with van der Waals surface area (Å²) >= 11 is 0. The minimum absolute atomic E-state index is 0.0468. The first kappa shape index (κ1) is 18.3. The van der Waals surface area contributed by atoms with Gasteiger partial charge in [-0.2, -0.15) is 4.31 Å². The van der Waals surface area contributed by atoms with E-state index in [1.807, 2.05) is 6.07 Å². The molecule has 0 radical (unpaired) electrons. The number of pyridine rings is 1. The zero-order valence-electron chi connectivity index (χ0n) is 14.9. The van der Waals surface area contributed by atoms with Gasteiger partial charge in [0.05, 0.1) is 7.11 Å². The third-order valence-corrected chi connectivity index (χ3v) is 6.56. The van der Waals surface area contributed by atoms with Crippen molar-refractivity contribution < 1.29 is 17.9 Å². The van der Waals surface area contributed by atoms with E-state index in [0.717, 1.165) is 5.56 Å². The number of hydrogen-bond acceptors (Lipinski definition) is 5. The fraction of sp³-hybridized carbons (Fsp3) is 0.333. The number of piperazine rings is 1. The highest BCUT2D eigenvalue weighted by molar-refractivity contribution is 7.89. The fourth-order valence-electron chi connectivity index (χ4n) is 3.04. The maximum atomic E-state index is 13.3. The summed E-state index contributed by atoms with van der Waals surface area (Å²) in [4.78, 5) is 17.9. The number of methoxy groups -OCH3 is 1. The molecule has 1 aliphatic heterocycles. The molecule has 1 atom stereocenters. The highest BCUT2D eigenvalue weighted by atomic mass is 32.2. The number of sulfonamides is 1. The van der Waals surface area contributed by atoms with Crippen LogP contribution in [0.5, 0.6) is 5.75 Å². The second-order valence-electron chi connectivity index (χ2n) is 6.16. The van der Waals surface area contributed by atoms with Crippen LogP contribution in [-0.2, 0) is 14.8 Å². The predicted octanol–water partition coefficient (Wildman–Crippen LogP) is 1.61. The van der Waals surface area contributed by atoms with Crippen LogP contribution in [0.25, 0.3) is 11.1 Å². The highest BCUT2D eigenvalue weighted by Crippen LogP contribution is 2.33. The van der Waals surface area contributed by atoms with E-state index in [2.05, 4.69) is 4.98 Å². The minimum Gasteiger partial charge on any atom is -0.495 e. The molecule has 2 aromatic rings. The van der Waals surface area contributed by atoms with E-state index in [4.69, 9.17) is 4.74 Å². The van der Waals surface area contributed by atoms with Crippen LogP contribution in [0.1, 0.15) is 6.92 Å². The van der Waals surface area contributed by atoms with Crippen molar-refractivity contribution in [2.45, 2.75) is 17.9 Å². The van der Waals surface area contributed by atoms with Crippen LogP contribution in [0.3, 0.4) is 0 Å². The van der Waals surface area contributed by atoms with Gasteiger partial charge in [0, 0.05) is 38.1 Å². The Morgan fingerprint density at radius 1 is 1.19 bits per heavy atom. The van der Waals surface area contributed by atoms with Gasteiger partial charge in [0.15, 0.2) is 0 Å². The monoisotopic (exact) mass is 375 g/mol. The predicted molar refractivity (Wildman–Crippen MR) is 97.2 cm³/mol. The summed E-state index contributed by atoms with van der Waals surface area (Å²) in [5, 5.41) is 0. The van der Waals surface area contributed by atoms with Crippen LogP contribution in [0.15, 0.2) is 47.6 Å². The molecule has 26 heavy (non-hydrogen) atoms. The molecular formula is C18H21N3O4S. The SMILES string of the molecule is COc1ccc(-c2cccnc2)cc1S(=O)(=O)N1CCN(C)C(=O)C1C. The smallest absolute Gasteiger partial charge is 0.247 e. The van der Waals surface area contributed by atoms with Gasteiger partial charge in [-0.1, -0.05) is 12.1 Å². The lowest BCUT2D eigenvalue weighted by Crippen LogP contribution is -2.56. The summed E-state index contributed by atoms with van der Waals surface area (Å²) in [6.07, 6.45) is 3.32. The number of hydrogen-bond donors (Lipinski definition) is 0. The Morgan fingerprint density at radius 3 is 2.62 bits per heavy atom. The first-order valence-electron chi connectivity index (χ1n) is 8.21. The Morgan fingerprint density at radius 2 is 1.96 bits per heavy atom. The molecule has 0 bridgehead atoms. The number of amides is 1. The summed E-state index contributed by atoms with van der Waals surface area (Å²) in [6, 6.07) is 7.86. The van der Waals surface area contributed by atoms with Crippen molar-refractivity contribution in [3.05, 3.63) is 42.7 Å². The lowest BCUT2D eigenvalue weighted by atomic mass is 10.1. The minimum atomic E-state index is -3.90. The molecule has 3 rings (SSSR count). The lowest BCUT2D eigenvalue weighted by Gasteiger charge is -2.36. The maximum absolute atomic E-state index is 13.3. The van der Waals surface area contributed by atoms with E-state index < -0.39 is 16.1 Å². The van der Waals surface area contributed by atoms with E-state index in [-0.39, 0.29) is 23.1 Å². The summed E-state index contributed by atoms with van der Waals surface area (Å²) in [6.45, 7) is 2.20. The van der Waals surface area contributed by atoms with Crippen molar-refractivity contribution in [1.82, 2.24) is 14.2 Å². The Labute approximate surface area is 153 Å². The maximum Gasteiger partial charge on any atom is 0.247 e. The Kier molecular flexibility index (Phi) is 4.97. The first-order valence-corrected chi connectivity index (χ1v) is 9.65. The summed E-state index contributed by atoms with van der Waals surface area (Å²) in [7, 11) is -0.800. The largest absolute Gasteiger partial charge is 0.495 e. The third kappa shape index (κ3) is 3.17. The van der Waals surface area contributed by atoms with Crippen molar-refractivity contribution in [3.8, 4) is 16.9 Å². The van der Waals surface area contributed by atoms with Crippen LogP contribution in [0, 0.1) is 0 Å². The number of aromatic nitrogens is 1. The molecule has 0 spiro atoms. The number of benzene rings is 1. The van der Waals surface area contributed by atoms with Crippen LogP contribution < -0.4 is 4.74 Å². The van der Waals surface area contributed by atoms with Crippen molar-refractivity contribution in [3.63, 3.8) is 0 Å². The summed E-state index contributed by atoms with van der Waals surface area (Å²) in [5.74, 6) is 0.0263. The van der Waals surface area contributed by atoms with Gasteiger partial charge in [0.25, 0.3) is 0 Å². The van der Waals surface area contributed by atoms with Crippen LogP contribution in [-0.4, -0.2) is 61.8 Å². The lowest BCUT2D eigenvalue weighted by molar-refractivity contribution is -0.136. The number of ether oxygens (including phenoxy) is 1. The van der Waals surface area contributed by atoms with Crippen molar-refractivity contribution in [2.24, 2.45) is 0 Å². The van der Waals surface area contributed by atoms with E-state index in [0.29, 0.717) is 12.1 Å². The second-order valence-corrected chi connectivity index (χ2v) is 8.02. The van der Waals surface area contributed by atoms with Crippen LogP contribution in [0.2, 0.25) is 0 Å². The van der Waals surface area contributed by atoms with Crippen molar-refractivity contribution in [1.29, 1.82) is 0 Å². The van der Waals surface area contributed by atoms with E-state index >= 15 is 0 Å². The molecule has 1 saturated heterocycles. The Hall–Kier alpha value is -2.45. The molecule has 1 unspecified atom stereocenters. The van der Waals surface area contributed by atoms with Gasteiger partial charge in [-0.25, -0.2) is 8.42 Å². The Balaban J connectivity index is 2.08. The van der Waals surface area contributed by atoms with Gasteiger partial charge in [-0.15, -0.1) is 0 Å². The molecule has 0 saturated carbocycles. The number of nitrogens with zero attached hydrogens (tertiary/aromatic N) is 3. The quantitative estimate of drug-likeness (QED) is 0.811. The van der Waals surface area contributed by atoms with Gasteiger partial charge in [-0.3, -0.25) is 9.78 Å². The molecule has 1 fully saturated rings. The van der Waals surface area contributed by atoms with Gasteiger partial charge >= 0.3 is 0 Å². The summed E-state index contributed by atoms with van der Waals surface area (Å²) < 4.78 is 33.1. The van der Waals surface area contributed by atoms with Crippen molar-refractivity contribution in [2.75, 3.05) is 27.2 Å². The normalized spacial score (nSPS) is 18.8. The molecule has 1 aliphatic rings. The average Bonchev–Trinajstić information content (AvgIpc) is 2.66. The zero-order valence-corrected chi connectivity index (χ0v) is 15.7. The number of rotatable bonds is 4. The van der Waals surface area contributed by atoms with Gasteiger partial charge < -0.3 is 9.64 Å². The molecule has 0 aliphatic carbocycles. The van der Waals surface area contributed by atoms with Gasteiger partial charge in [0.2, 0.25) is 15.9 Å². The summed E-state index contributed by atoms with van der Waals surface area (Å²) in [5.41, 5.74) is 1.51. The number of carbonyl (C=O) groups excluding carboxylic acids is 1. The van der Waals surface area contributed by atoms with Crippen LogP contribution in [0.4, 0.5) is 0 Å². The average molecular weight is 375 g/mol.